The summed E-state index contributed by atoms with van der Waals surface area (Å²) in [6.45, 7) is 3.16. The van der Waals surface area contributed by atoms with Gasteiger partial charge in [-0.2, -0.15) is 0 Å². The van der Waals surface area contributed by atoms with E-state index < -0.39 is 105 Å². The summed E-state index contributed by atoms with van der Waals surface area (Å²) in [5, 5.41) is 85.9. The van der Waals surface area contributed by atoms with Crippen LogP contribution in [0.2, 0.25) is 0 Å². The molecule has 0 spiro atoms. The standard InChI is InChI=1S/C50H71N7O16/c1-29(2)23-38(60)55-21-19-33-17-18-35(46(66)52-39(30-13-7-5-8-14-30)31-15-9-6-10-16-31)57(33)47(67)34(25-55)51-50(68)69-22-12-4-3-11-20-56-24-32(53-54-56)28-70-48-44(65)42(63)45(37(27-59)72-48)73-49-43(64)41(62)40(61)36(26-58)71-49/h5-10,13-16,24,29,33-37,39-45,48-49,58-59,61-65H,3-4,11-12,17-23,25-28H2,1-2H3,(H,51,68)(H,52,66)/t33-,34+,35+,36?,37?,40+,41+,42-,43?,44?,45?,48-,49+/m1/s1. The number of rotatable bonds is 21. The van der Waals surface area contributed by atoms with Gasteiger partial charge in [0.1, 0.15) is 66.6 Å². The van der Waals surface area contributed by atoms with Crippen LogP contribution in [0, 0.1) is 5.92 Å². The number of amides is 4. The molecule has 1 aromatic heterocycles. The molecule has 4 saturated heterocycles. The second-order valence-corrected chi connectivity index (χ2v) is 19.5. The molecule has 5 heterocycles. The Kier molecular flexibility index (Phi) is 20.1. The minimum atomic E-state index is -1.79. The molecule has 0 radical (unpaired) electrons. The molecule has 23 heteroatoms. The van der Waals surface area contributed by atoms with Crippen molar-refractivity contribution in [3.8, 4) is 0 Å². The van der Waals surface area contributed by atoms with E-state index in [1.54, 1.807) is 20.7 Å². The summed E-state index contributed by atoms with van der Waals surface area (Å²) in [6, 6.07) is 16.6. The lowest BCUT2D eigenvalue weighted by molar-refractivity contribution is -0.360. The van der Waals surface area contributed by atoms with E-state index in [2.05, 4.69) is 20.9 Å². The van der Waals surface area contributed by atoms with Gasteiger partial charge in [-0.3, -0.25) is 19.1 Å². The maximum atomic E-state index is 14.5. The minimum Gasteiger partial charge on any atom is -0.450 e. The van der Waals surface area contributed by atoms with Crippen LogP contribution in [0.1, 0.15) is 88.1 Å². The van der Waals surface area contributed by atoms with Gasteiger partial charge in [-0.05, 0) is 55.6 Å². The van der Waals surface area contributed by atoms with Gasteiger partial charge < -0.3 is 79.9 Å². The molecule has 0 aliphatic carbocycles. The highest BCUT2D eigenvalue weighted by molar-refractivity contribution is 5.93. The molecule has 5 unspecified atom stereocenters. The van der Waals surface area contributed by atoms with Crippen molar-refractivity contribution in [2.24, 2.45) is 5.92 Å². The van der Waals surface area contributed by atoms with Crippen LogP contribution < -0.4 is 10.6 Å². The SMILES string of the molecule is CC(C)CC(=O)N1CC[C@H]2CC[C@@H](C(=O)NC(c3ccccc3)c3ccccc3)N2C(=O)[C@@H](NC(=O)OCCCCCCn2cc(CO[C@@H]3OC(CO)C(O[C@@H]4OC(CO)[C@H](O)[C@H](O)C4O)[C@H](O)C3O)nn2)C1. The molecule has 402 valence electrons. The topological polar surface area (TPSA) is 317 Å². The summed E-state index contributed by atoms with van der Waals surface area (Å²) >= 11 is 0. The number of benzene rings is 2. The zero-order valence-electron chi connectivity index (χ0n) is 41.2. The number of aryl methyl sites for hydroxylation is 1. The van der Waals surface area contributed by atoms with Crippen LogP contribution in [0.5, 0.6) is 0 Å². The molecule has 73 heavy (non-hydrogen) atoms. The first kappa shape index (κ1) is 55.6. The number of alkyl carbamates (subject to hydrolysis) is 1. The summed E-state index contributed by atoms with van der Waals surface area (Å²) in [4.78, 5) is 58.7. The Hall–Kier alpha value is -5.18. The first-order valence-electron chi connectivity index (χ1n) is 25.2. The van der Waals surface area contributed by atoms with Gasteiger partial charge in [0.15, 0.2) is 12.6 Å². The molecule has 7 rings (SSSR count). The van der Waals surface area contributed by atoms with E-state index in [-0.39, 0.29) is 50.0 Å². The number of ether oxygens (including phenoxy) is 5. The highest BCUT2D eigenvalue weighted by Gasteiger charge is 2.51. The third kappa shape index (κ3) is 14.2. The average molecular weight is 1030 g/mol. The van der Waals surface area contributed by atoms with E-state index in [0.717, 1.165) is 17.5 Å². The van der Waals surface area contributed by atoms with Gasteiger partial charge in [-0.15, -0.1) is 5.10 Å². The number of carbonyl (C=O) groups excluding carboxylic acids is 4. The molecule has 9 N–H and O–H groups in total. The van der Waals surface area contributed by atoms with E-state index in [1.807, 2.05) is 74.5 Å². The Morgan fingerprint density at radius 3 is 2.12 bits per heavy atom. The summed E-state index contributed by atoms with van der Waals surface area (Å²) in [6.07, 6.45) is -10.5. The van der Waals surface area contributed by atoms with Gasteiger partial charge in [-0.1, -0.05) is 86.1 Å². The zero-order chi connectivity index (χ0) is 52.2. The number of aliphatic hydroxyl groups is 7. The highest BCUT2D eigenvalue weighted by Crippen LogP contribution is 2.33. The maximum absolute atomic E-state index is 14.5. The van der Waals surface area contributed by atoms with Crippen molar-refractivity contribution in [1.82, 2.24) is 35.4 Å². The molecule has 4 aliphatic heterocycles. The van der Waals surface area contributed by atoms with Gasteiger partial charge >= 0.3 is 6.09 Å². The molecule has 0 saturated carbocycles. The molecule has 4 fully saturated rings. The number of nitrogens with one attached hydrogen (secondary N) is 2. The lowest BCUT2D eigenvalue weighted by Crippen LogP contribution is -2.64. The summed E-state index contributed by atoms with van der Waals surface area (Å²) in [5.41, 5.74) is 2.16. The Labute approximate surface area is 423 Å². The van der Waals surface area contributed by atoms with Gasteiger partial charge in [0.2, 0.25) is 17.7 Å². The van der Waals surface area contributed by atoms with Gasteiger partial charge in [0.25, 0.3) is 0 Å². The quantitative estimate of drug-likeness (QED) is 0.0614. The van der Waals surface area contributed by atoms with Gasteiger partial charge in [0, 0.05) is 25.6 Å². The van der Waals surface area contributed by atoms with E-state index in [1.165, 1.54) is 0 Å². The third-order valence-electron chi connectivity index (χ3n) is 13.7. The van der Waals surface area contributed by atoms with Crippen molar-refractivity contribution in [2.75, 3.05) is 32.9 Å². The molecule has 4 amide bonds. The fourth-order valence-electron chi connectivity index (χ4n) is 9.79. The molecule has 0 bridgehead atoms. The molecule has 13 atom stereocenters. The number of nitrogens with zero attached hydrogens (tertiary/aromatic N) is 5. The Bertz CT molecular complexity index is 2180. The molecule has 4 aliphatic rings. The minimum absolute atomic E-state index is 0.0551. The Morgan fingerprint density at radius 1 is 0.795 bits per heavy atom. The smallest absolute Gasteiger partial charge is 0.407 e. The predicted octanol–water partition coefficient (Wildman–Crippen LogP) is -0.382. The monoisotopic (exact) mass is 1030 g/mol. The van der Waals surface area contributed by atoms with E-state index in [4.69, 9.17) is 23.7 Å². The van der Waals surface area contributed by atoms with Crippen LogP contribution >= 0.6 is 0 Å². The van der Waals surface area contributed by atoms with E-state index in [9.17, 15) is 54.9 Å². The summed E-state index contributed by atoms with van der Waals surface area (Å²) in [7, 11) is 0. The number of aromatic nitrogens is 3. The zero-order valence-corrected chi connectivity index (χ0v) is 41.2. The molecule has 3 aromatic rings. The summed E-state index contributed by atoms with van der Waals surface area (Å²) in [5.74, 6) is -0.757. The average Bonchev–Trinajstić information content (AvgIpc) is 4.04. The Morgan fingerprint density at radius 2 is 1.45 bits per heavy atom. The first-order chi connectivity index (χ1) is 35.2. The number of fused-ring (bicyclic) bond motifs is 1. The fraction of sp³-hybridized carbons (Fsp3) is 0.640. The number of hydrogen-bond donors (Lipinski definition) is 9. The predicted molar refractivity (Wildman–Crippen MR) is 255 cm³/mol. The fourth-order valence-corrected chi connectivity index (χ4v) is 9.79. The van der Waals surface area contributed by atoms with Crippen molar-refractivity contribution in [3.63, 3.8) is 0 Å². The largest absolute Gasteiger partial charge is 0.450 e. The number of carbonyl (C=O) groups is 4. The number of aliphatic hydroxyl groups excluding tert-OH is 7. The Balaban J connectivity index is 0.856. The lowest BCUT2D eigenvalue weighted by Gasteiger charge is -2.45. The molecular weight excluding hydrogens is 955 g/mol. The van der Waals surface area contributed by atoms with Crippen molar-refractivity contribution >= 4 is 23.8 Å². The second-order valence-electron chi connectivity index (χ2n) is 19.5. The van der Waals surface area contributed by atoms with E-state index in [0.29, 0.717) is 57.3 Å². The van der Waals surface area contributed by atoms with Crippen molar-refractivity contribution in [2.45, 2.75) is 164 Å². The third-order valence-corrected chi connectivity index (χ3v) is 13.7. The molecule has 23 nitrogen and oxygen atoms in total. The first-order valence-corrected chi connectivity index (χ1v) is 25.2. The normalized spacial score (nSPS) is 29.7. The van der Waals surface area contributed by atoms with Gasteiger partial charge in [0.05, 0.1) is 45.2 Å². The van der Waals surface area contributed by atoms with Crippen LogP contribution in [0.4, 0.5) is 4.79 Å². The van der Waals surface area contributed by atoms with Crippen molar-refractivity contribution in [3.05, 3.63) is 83.7 Å². The summed E-state index contributed by atoms with van der Waals surface area (Å²) < 4.78 is 29.4. The van der Waals surface area contributed by atoms with Crippen LogP contribution in [-0.2, 0) is 51.2 Å². The van der Waals surface area contributed by atoms with Crippen LogP contribution in [-0.4, -0.2) is 197 Å². The van der Waals surface area contributed by atoms with Crippen LogP contribution in [0.15, 0.2) is 66.9 Å². The van der Waals surface area contributed by atoms with Crippen LogP contribution in [0.3, 0.4) is 0 Å². The number of unbranched alkanes of at least 4 members (excludes halogenated alkanes) is 3. The lowest BCUT2D eigenvalue weighted by atomic mass is 9.97. The van der Waals surface area contributed by atoms with Gasteiger partial charge in [-0.25, -0.2) is 4.79 Å². The van der Waals surface area contributed by atoms with Crippen molar-refractivity contribution < 1.29 is 78.6 Å². The van der Waals surface area contributed by atoms with Crippen molar-refractivity contribution in [1.29, 1.82) is 0 Å². The highest BCUT2D eigenvalue weighted by atomic mass is 16.7. The molecular formula is C50H71N7O16. The molecule has 2 aromatic carbocycles. The van der Waals surface area contributed by atoms with Crippen LogP contribution in [0.25, 0.3) is 0 Å². The second kappa shape index (κ2) is 26.3. The maximum Gasteiger partial charge on any atom is 0.407 e. The number of hydrogen-bond acceptors (Lipinski definition) is 18. The van der Waals surface area contributed by atoms with E-state index >= 15 is 0 Å².